The first kappa shape index (κ1) is 15.9. The monoisotopic (exact) mass is 309 g/mol. The zero-order valence-electron chi connectivity index (χ0n) is 12.9. The predicted octanol–water partition coefficient (Wildman–Crippen LogP) is 2.33. The normalized spacial score (nSPS) is 21.5. The second-order valence-electron chi connectivity index (χ2n) is 5.48. The highest BCUT2D eigenvalue weighted by Gasteiger charge is 2.48. The SMILES string of the molecule is CCCC1C(=O)NC(CC)(CC)C(=O)N1Cc1cncs1. The molecule has 0 bridgehead atoms. The van der Waals surface area contributed by atoms with Crippen LogP contribution in [0.15, 0.2) is 11.7 Å². The highest BCUT2D eigenvalue weighted by molar-refractivity contribution is 7.09. The van der Waals surface area contributed by atoms with Gasteiger partial charge in [-0.25, -0.2) is 0 Å². The van der Waals surface area contributed by atoms with Gasteiger partial charge in [0.05, 0.1) is 12.1 Å². The van der Waals surface area contributed by atoms with Crippen molar-refractivity contribution >= 4 is 23.2 Å². The number of amides is 2. The van der Waals surface area contributed by atoms with Crippen LogP contribution in [0.5, 0.6) is 0 Å². The molecule has 1 saturated heterocycles. The lowest BCUT2D eigenvalue weighted by Gasteiger charge is -2.45. The smallest absolute Gasteiger partial charge is 0.249 e. The van der Waals surface area contributed by atoms with Crippen LogP contribution in [0, 0.1) is 0 Å². The van der Waals surface area contributed by atoms with Crippen molar-refractivity contribution in [2.75, 3.05) is 0 Å². The molecule has 2 amide bonds. The molecule has 0 radical (unpaired) electrons. The van der Waals surface area contributed by atoms with Crippen LogP contribution in [0.2, 0.25) is 0 Å². The number of nitrogens with zero attached hydrogens (tertiary/aromatic N) is 2. The first-order chi connectivity index (χ1) is 10.1. The summed E-state index contributed by atoms with van der Waals surface area (Å²) in [5.74, 6) is 0.0172. The fourth-order valence-corrected chi connectivity index (χ4v) is 3.48. The standard InChI is InChI=1S/C15H23N3O2S/c1-4-7-12-13(19)17-15(5-2,6-3)14(20)18(12)9-11-8-16-10-21-11/h8,10,12H,4-7,9H2,1-3H3,(H,17,19). The highest BCUT2D eigenvalue weighted by Crippen LogP contribution is 2.28. The summed E-state index contributed by atoms with van der Waals surface area (Å²) in [6.07, 6.45) is 4.57. The van der Waals surface area contributed by atoms with Crippen LogP contribution in [-0.4, -0.2) is 33.3 Å². The van der Waals surface area contributed by atoms with E-state index >= 15 is 0 Å². The molecule has 0 spiro atoms. The van der Waals surface area contributed by atoms with E-state index in [-0.39, 0.29) is 17.9 Å². The molecule has 1 aliphatic rings. The fourth-order valence-electron chi connectivity index (χ4n) is 2.89. The van der Waals surface area contributed by atoms with Gasteiger partial charge < -0.3 is 10.2 Å². The van der Waals surface area contributed by atoms with E-state index in [1.807, 2.05) is 20.8 Å². The minimum Gasteiger partial charge on any atom is -0.340 e. The molecule has 2 rings (SSSR count). The number of carbonyl (C=O) groups is 2. The summed E-state index contributed by atoms with van der Waals surface area (Å²) in [5, 5.41) is 2.98. The van der Waals surface area contributed by atoms with Gasteiger partial charge in [-0.05, 0) is 19.3 Å². The van der Waals surface area contributed by atoms with E-state index in [9.17, 15) is 9.59 Å². The average Bonchev–Trinajstić information content (AvgIpc) is 2.99. The molecular formula is C15H23N3O2S. The van der Waals surface area contributed by atoms with E-state index in [1.165, 1.54) is 11.3 Å². The summed E-state index contributed by atoms with van der Waals surface area (Å²) in [4.78, 5) is 32.3. The van der Waals surface area contributed by atoms with Crippen LogP contribution < -0.4 is 5.32 Å². The van der Waals surface area contributed by atoms with Crippen molar-refractivity contribution in [3.63, 3.8) is 0 Å². The van der Waals surface area contributed by atoms with Crippen molar-refractivity contribution < 1.29 is 9.59 Å². The van der Waals surface area contributed by atoms with E-state index in [2.05, 4.69) is 10.3 Å². The van der Waals surface area contributed by atoms with E-state index in [4.69, 9.17) is 0 Å². The molecule has 2 heterocycles. The minimum absolute atomic E-state index is 0.0235. The molecule has 6 heteroatoms. The molecule has 116 valence electrons. The Hall–Kier alpha value is -1.43. The summed E-state index contributed by atoms with van der Waals surface area (Å²) in [6, 6.07) is -0.365. The maximum absolute atomic E-state index is 13.0. The highest BCUT2D eigenvalue weighted by atomic mass is 32.1. The molecule has 5 nitrogen and oxygen atoms in total. The molecule has 1 N–H and O–H groups in total. The molecule has 0 aromatic carbocycles. The van der Waals surface area contributed by atoms with Crippen molar-refractivity contribution in [3.8, 4) is 0 Å². The maximum atomic E-state index is 13.0. The topological polar surface area (TPSA) is 62.3 Å². The second kappa shape index (κ2) is 6.56. The Labute approximate surface area is 129 Å². The first-order valence-electron chi connectivity index (χ1n) is 7.58. The fraction of sp³-hybridized carbons (Fsp3) is 0.667. The third kappa shape index (κ3) is 2.95. The van der Waals surface area contributed by atoms with Gasteiger partial charge in [-0.3, -0.25) is 14.6 Å². The maximum Gasteiger partial charge on any atom is 0.249 e. The van der Waals surface area contributed by atoms with E-state index in [0.717, 1.165) is 11.3 Å². The van der Waals surface area contributed by atoms with Crippen molar-refractivity contribution in [1.82, 2.24) is 15.2 Å². The number of carbonyl (C=O) groups excluding carboxylic acids is 2. The van der Waals surface area contributed by atoms with Gasteiger partial charge in [0.2, 0.25) is 11.8 Å². The van der Waals surface area contributed by atoms with Gasteiger partial charge in [-0.2, -0.15) is 0 Å². The van der Waals surface area contributed by atoms with Crippen LogP contribution in [0.1, 0.15) is 51.3 Å². The Morgan fingerprint density at radius 3 is 2.57 bits per heavy atom. The number of hydrogen-bond donors (Lipinski definition) is 1. The van der Waals surface area contributed by atoms with E-state index in [1.54, 1.807) is 16.6 Å². The van der Waals surface area contributed by atoms with Crippen LogP contribution in [0.25, 0.3) is 0 Å². The number of hydrogen-bond acceptors (Lipinski definition) is 4. The van der Waals surface area contributed by atoms with Crippen molar-refractivity contribution in [3.05, 3.63) is 16.6 Å². The van der Waals surface area contributed by atoms with Gasteiger partial charge in [0.15, 0.2) is 0 Å². The number of nitrogens with one attached hydrogen (secondary N) is 1. The van der Waals surface area contributed by atoms with Gasteiger partial charge in [-0.15, -0.1) is 11.3 Å². The molecule has 1 fully saturated rings. The Morgan fingerprint density at radius 1 is 1.33 bits per heavy atom. The minimum atomic E-state index is -0.744. The Balaban J connectivity index is 2.32. The number of thiazole rings is 1. The lowest BCUT2D eigenvalue weighted by atomic mass is 9.86. The van der Waals surface area contributed by atoms with E-state index in [0.29, 0.717) is 25.8 Å². The molecule has 0 saturated carbocycles. The average molecular weight is 309 g/mol. The number of aromatic nitrogens is 1. The number of rotatable bonds is 6. The zero-order chi connectivity index (χ0) is 15.5. The summed E-state index contributed by atoms with van der Waals surface area (Å²) in [5.41, 5.74) is 1.01. The molecule has 1 aromatic rings. The van der Waals surface area contributed by atoms with Crippen molar-refractivity contribution in [2.45, 2.75) is 64.6 Å². The summed E-state index contributed by atoms with van der Waals surface area (Å²) >= 11 is 1.52. The lowest BCUT2D eigenvalue weighted by molar-refractivity contribution is -0.156. The zero-order valence-corrected chi connectivity index (χ0v) is 13.7. The first-order valence-corrected chi connectivity index (χ1v) is 8.46. The molecule has 1 atom stereocenters. The molecule has 1 aliphatic heterocycles. The van der Waals surface area contributed by atoms with Crippen molar-refractivity contribution in [1.29, 1.82) is 0 Å². The van der Waals surface area contributed by atoms with Gasteiger partial charge in [-0.1, -0.05) is 27.2 Å². The molecular weight excluding hydrogens is 286 g/mol. The van der Waals surface area contributed by atoms with Crippen LogP contribution >= 0.6 is 11.3 Å². The van der Waals surface area contributed by atoms with E-state index < -0.39 is 5.54 Å². The lowest BCUT2D eigenvalue weighted by Crippen LogP contribution is -2.69. The second-order valence-corrected chi connectivity index (χ2v) is 6.45. The third-order valence-electron chi connectivity index (χ3n) is 4.29. The third-order valence-corrected chi connectivity index (χ3v) is 5.05. The molecule has 1 aromatic heterocycles. The van der Waals surface area contributed by atoms with Gasteiger partial charge in [0, 0.05) is 11.1 Å². The Morgan fingerprint density at radius 2 is 2.05 bits per heavy atom. The van der Waals surface area contributed by atoms with Crippen LogP contribution in [0.4, 0.5) is 0 Å². The quantitative estimate of drug-likeness (QED) is 0.877. The van der Waals surface area contributed by atoms with Crippen LogP contribution in [0.3, 0.4) is 0 Å². The largest absolute Gasteiger partial charge is 0.340 e. The summed E-state index contributed by atoms with van der Waals surface area (Å²) in [7, 11) is 0. The Bertz CT molecular complexity index is 497. The number of piperazine rings is 1. The Kier molecular flexibility index (Phi) is 4.98. The van der Waals surface area contributed by atoms with Crippen LogP contribution in [-0.2, 0) is 16.1 Å². The molecule has 1 unspecified atom stereocenters. The summed E-state index contributed by atoms with van der Waals surface area (Å²) in [6.45, 7) is 6.41. The van der Waals surface area contributed by atoms with Gasteiger partial charge >= 0.3 is 0 Å². The molecule has 21 heavy (non-hydrogen) atoms. The van der Waals surface area contributed by atoms with Gasteiger partial charge in [0.25, 0.3) is 0 Å². The summed E-state index contributed by atoms with van der Waals surface area (Å²) < 4.78 is 0. The molecule has 0 aliphatic carbocycles. The van der Waals surface area contributed by atoms with Gasteiger partial charge in [0.1, 0.15) is 11.6 Å². The van der Waals surface area contributed by atoms with Crippen molar-refractivity contribution in [2.24, 2.45) is 0 Å². The predicted molar refractivity (Wildman–Crippen MR) is 82.8 cm³/mol.